The number of hydrogen-bond acceptors (Lipinski definition) is 3. The average Bonchev–Trinajstić information content (AvgIpc) is 2.64. The molecule has 3 nitrogen and oxygen atoms in total. The summed E-state index contributed by atoms with van der Waals surface area (Å²) < 4.78 is 38.8. The molecule has 140 valence electrons. The van der Waals surface area contributed by atoms with Crippen molar-refractivity contribution >= 4 is 22.6 Å². The Balaban J connectivity index is 1.52. The second-order valence-electron chi connectivity index (χ2n) is 6.77. The van der Waals surface area contributed by atoms with Gasteiger partial charge in [-0.1, -0.05) is 23.7 Å². The lowest BCUT2D eigenvalue weighted by atomic mass is 10.0. The van der Waals surface area contributed by atoms with Gasteiger partial charge in [0.15, 0.2) is 5.65 Å². The zero-order chi connectivity index (χ0) is 19.0. The van der Waals surface area contributed by atoms with Crippen molar-refractivity contribution in [3.05, 3.63) is 70.0 Å². The summed E-state index contributed by atoms with van der Waals surface area (Å²) in [5.41, 5.74) is 2.74. The lowest BCUT2D eigenvalue weighted by Crippen LogP contribution is -2.32. The van der Waals surface area contributed by atoms with E-state index in [-0.39, 0.29) is 0 Å². The fraction of sp³-hybridized carbons (Fsp3) is 0.300. The van der Waals surface area contributed by atoms with Gasteiger partial charge in [-0.2, -0.15) is 13.2 Å². The van der Waals surface area contributed by atoms with Crippen LogP contribution < -0.4 is 0 Å². The first-order chi connectivity index (χ1) is 12.9. The molecule has 3 heterocycles. The lowest BCUT2D eigenvalue weighted by Gasteiger charge is -2.28. The maximum Gasteiger partial charge on any atom is 0.417 e. The number of rotatable bonds is 3. The van der Waals surface area contributed by atoms with Crippen molar-refractivity contribution in [1.29, 1.82) is 0 Å². The summed E-state index contributed by atoms with van der Waals surface area (Å²) in [6.07, 6.45) is -1.88. The molecule has 7 heteroatoms. The van der Waals surface area contributed by atoms with Gasteiger partial charge in [0.1, 0.15) is 0 Å². The molecule has 4 rings (SSSR count). The Bertz CT molecular complexity index is 971. The molecule has 0 aliphatic carbocycles. The largest absolute Gasteiger partial charge is 0.417 e. The minimum atomic E-state index is -4.40. The van der Waals surface area contributed by atoms with Crippen molar-refractivity contribution in [3.63, 3.8) is 0 Å². The highest BCUT2D eigenvalue weighted by Crippen LogP contribution is 2.31. The number of alkyl halides is 3. The molecule has 0 saturated heterocycles. The molecule has 0 unspecified atom stereocenters. The third-order valence-electron chi connectivity index (χ3n) is 4.85. The van der Waals surface area contributed by atoms with E-state index in [2.05, 4.69) is 14.9 Å². The number of aromatic nitrogens is 2. The maximum absolute atomic E-state index is 12.9. The zero-order valence-electron chi connectivity index (χ0n) is 14.4. The predicted octanol–water partition coefficient (Wildman–Crippen LogP) is 4.90. The van der Waals surface area contributed by atoms with Gasteiger partial charge in [0.2, 0.25) is 0 Å². The van der Waals surface area contributed by atoms with Crippen molar-refractivity contribution in [3.8, 4) is 0 Å². The lowest BCUT2D eigenvalue weighted by molar-refractivity contribution is -0.137. The molecule has 0 saturated carbocycles. The van der Waals surface area contributed by atoms with Crippen LogP contribution in [-0.4, -0.2) is 28.0 Å². The molecule has 3 aromatic rings. The predicted molar refractivity (Wildman–Crippen MR) is 98.7 cm³/mol. The maximum atomic E-state index is 12.9. The van der Waals surface area contributed by atoms with Gasteiger partial charge in [0.25, 0.3) is 0 Å². The van der Waals surface area contributed by atoms with Crippen LogP contribution in [0.25, 0.3) is 11.0 Å². The highest BCUT2D eigenvalue weighted by Gasteiger charge is 2.31. The second kappa shape index (κ2) is 7.09. The second-order valence-corrected chi connectivity index (χ2v) is 7.20. The Hall–Kier alpha value is -2.18. The van der Waals surface area contributed by atoms with Crippen molar-refractivity contribution in [1.82, 2.24) is 14.9 Å². The molecule has 1 aliphatic rings. The van der Waals surface area contributed by atoms with Crippen LogP contribution >= 0.6 is 11.6 Å². The molecule has 0 amide bonds. The van der Waals surface area contributed by atoms with Crippen LogP contribution in [0.15, 0.2) is 42.6 Å². The van der Waals surface area contributed by atoms with Gasteiger partial charge in [-0.3, -0.25) is 4.90 Å². The molecule has 0 spiro atoms. The minimum absolute atomic E-state index is 0.372. The summed E-state index contributed by atoms with van der Waals surface area (Å²) in [4.78, 5) is 10.7. The Kier molecular flexibility index (Phi) is 4.78. The quantitative estimate of drug-likeness (QED) is 0.635. The highest BCUT2D eigenvalue weighted by molar-refractivity contribution is 6.30. The van der Waals surface area contributed by atoms with E-state index in [0.717, 1.165) is 54.5 Å². The number of pyridine rings is 2. The normalized spacial score (nSPS) is 15.1. The molecule has 0 N–H and O–H groups in total. The fourth-order valence-electron chi connectivity index (χ4n) is 3.37. The molecule has 0 atom stereocenters. The number of hydrogen-bond donors (Lipinski definition) is 0. The monoisotopic (exact) mass is 391 g/mol. The SMILES string of the molecule is FC(F)(F)c1cnc2nc3c(cc2c1)CN(CCc1ccc(Cl)cc1)CC3. The van der Waals surface area contributed by atoms with E-state index in [1.54, 1.807) is 6.07 Å². The van der Waals surface area contributed by atoms with E-state index in [0.29, 0.717) is 17.6 Å². The van der Waals surface area contributed by atoms with Gasteiger partial charge in [-0.25, -0.2) is 9.97 Å². The van der Waals surface area contributed by atoms with Gasteiger partial charge in [-0.05, 0) is 41.8 Å². The van der Waals surface area contributed by atoms with E-state index in [1.165, 1.54) is 5.56 Å². The van der Waals surface area contributed by atoms with Crippen LogP contribution in [0, 0.1) is 0 Å². The molecule has 0 fully saturated rings. The molecular formula is C20H17ClF3N3. The zero-order valence-corrected chi connectivity index (χ0v) is 15.2. The molecule has 1 aromatic carbocycles. The van der Waals surface area contributed by atoms with Crippen LogP contribution in [0.2, 0.25) is 5.02 Å². The smallest absolute Gasteiger partial charge is 0.298 e. The Morgan fingerprint density at radius 1 is 1.11 bits per heavy atom. The fourth-order valence-corrected chi connectivity index (χ4v) is 3.49. The van der Waals surface area contributed by atoms with E-state index < -0.39 is 11.7 Å². The van der Waals surface area contributed by atoms with E-state index in [1.807, 2.05) is 24.3 Å². The molecule has 27 heavy (non-hydrogen) atoms. The standard InChI is InChI=1S/C20H17ClF3N3/c21-17-3-1-13(2-4-17)5-7-27-8-6-18-15(12-27)9-14-10-16(20(22,23)24)11-25-19(14)26-18/h1-4,9-11H,5-8,12H2. The third-order valence-corrected chi connectivity index (χ3v) is 5.10. The summed E-state index contributed by atoms with van der Waals surface area (Å²) in [5.74, 6) is 0. The van der Waals surface area contributed by atoms with Crippen molar-refractivity contribution in [2.75, 3.05) is 13.1 Å². The number of halogens is 4. The first kappa shape index (κ1) is 18.2. The van der Waals surface area contributed by atoms with Crippen LogP contribution in [0.4, 0.5) is 13.2 Å². The highest BCUT2D eigenvalue weighted by atomic mass is 35.5. The topological polar surface area (TPSA) is 29.0 Å². The van der Waals surface area contributed by atoms with Crippen molar-refractivity contribution in [2.24, 2.45) is 0 Å². The van der Waals surface area contributed by atoms with Gasteiger partial charge in [0, 0.05) is 48.4 Å². The molecule has 0 bridgehead atoms. The number of fused-ring (bicyclic) bond motifs is 2. The van der Waals surface area contributed by atoms with Crippen LogP contribution in [0.5, 0.6) is 0 Å². The Labute approximate surface area is 159 Å². The number of nitrogens with zero attached hydrogens (tertiary/aromatic N) is 3. The first-order valence-electron chi connectivity index (χ1n) is 8.71. The Morgan fingerprint density at radius 3 is 2.63 bits per heavy atom. The van der Waals surface area contributed by atoms with Gasteiger partial charge in [0.05, 0.1) is 5.56 Å². The van der Waals surface area contributed by atoms with Crippen molar-refractivity contribution < 1.29 is 13.2 Å². The molecule has 1 aliphatic heterocycles. The average molecular weight is 392 g/mol. The van der Waals surface area contributed by atoms with Crippen molar-refractivity contribution in [2.45, 2.75) is 25.6 Å². The first-order valence-corrected chi connectivity index (χ1v) is 9.09. The van der Waals surface area contributed by atoms with E-state index >= 15 is 0 Å². The van der Waals surface area contributed by atoms with Crippen LogP contribution in [0.3, 0.4) is 0 Å². The summed E-state index contributed by atoms with van der Waals surface area (Å²) in [7, 11) is 0. The van der Waals surface area contributed by atoms with Gasteiger partial charge >= 0.3 is 6.18 Å². The summed E-state index contributed by atoms with van der Waals surface area (Å²) in [6, 6.07) is 10.7. The Morgan fingerprint density at radius 2 is 1.89 bits per heavy atom. The minimum Gasteiger partial charge on any atom is -0.298 e. The van der Waals surface area contributed by atoms with E-state index in [9.17, 15) is 13.2 Å². The summed E-state index contributed by atoms with van der Waals surface area (Å²) in [5, 5.41) is 1.15. The van der Waals surface area contributed by atoms with Gasteiger partial charge in [-0.15, -0.1) is 0 Å². The van der Waals surface area contributed by atoms with Crippen LogP contribution in [0.1, 0.15) is 22.4 Å². The molecule has 0 radical (unpaired) electrons. The van der Waals surface area contributed by atoms with Crippen LogP contribution in [-0.2, 0) is 25.6 Å². The molecular weight excluding hydrogens is 375 g/mol. The number of benzene rings is 1. The van der Waals surface area contributed by atoms with Gasteiger partial charge < -0.3 is 0 Å². The third kappa shape index (κ3) is 4.06. The summed E-state index contributed by atoms with van der Waals surface area (Å²) >= 11 is 5.91. The van der Waals surface area contributed by atoms with E-state index in [4.69, 9.17) is 11.6 Å². The molecule has 2 aromatic heterocycles. The summed E-state index contributed by atoms with van der Waals surface area (Å²) in [6.45, 7) is 2.43.